The summed E-state index contributed by atoms with van der Waals surface area (Å²) >= 11 is 11.7. The fraction of sp³-hybridized carbons (Fsp3) is 0.118. The van der Waals surface area contributed by atoms with Gasteiger partial charge in [0, 0.05) is 5.02 Å². The summed E-state index contributed by atoms with van der Waals surface area (Å²) in [6.45, 7) is -0.276. The van der Waals surface area contributed by atoms with E-state index in [0.717, 1.165) is 0 Å². The summed E-state index contributed by atoms with van der Waals surface area (Å²) in [7, 11) is 0. The first-order valence-electron chi connectivity index (χ1n) is 6.87. The minimum Gasteiger partial charge on any atom is -0.460 e. The molecule has 0 heterocycles. The summed E-state index contributed by atoms with van der Waals surface area (Å²) in [6.07, 6.45) is 0. The van der Waals surface area contributed by atoms with E-state index < -0.39 is 11.9 Å². The normalized spacial score (nSPS) is 9.88. The summed E-state index contributed by atoms with van der Waals surface area (Å²) in [6, 6.07) is 13.2. The Kier molecular flexibility index (Phi) is 6.19. The molecule has 0 aliphatic heterocycles. The lowest BCUT2D eigenvalue weighted by molar-refractivity contribution is -0.143. The maximum absolute atomic E-state index is 12.0. The molecule has 5 nitrogen and oxygen atoms in total. The van der Waals surface area contributed by atoms with Gasteiger partial charge in [-0.05, 0) is 35.9 Å². The van der Waals surface area contributed by atoms with E-state index in [1.54, 1.807) is 24.3 Å². The van der Waals surface area contributed by atoms with Crippen LogP contribution in [0.15, 0.2) is 42.5 Å². The monoisotopic (exact) mass is 362 g/mol. The standard InChI is InChI=1S/C17H12Cl2N2O3/c18-13-4-5-14(15(19)7-13)17(23)21-9-16(22)24-10-12-3-1-2-11(6-12)8-20/h1-7H,9-10H2,(H,21,23). The van der Waals surface area contributed by atoms with E-state index in [1.807, 2.05) is 6.07 Å². The Morgan fingerprint density at radius 2 is 1.96 bits per heavy atom. The number of carbonyl (C=O) groups is 2. The molecule has 0 bridgehead atoms. The minimum absolute atomic E-state index is 0.0198. The lowest BCUT2D eigenvalue weighted by atomic mass is 10.1. The van der Waals surface area contributed by atoms with Crippen LogP contribution >= 0.6 is 23.2 Å². The number of nitrogens with zero attached hydrogens (tertiary/aromatic N) is 1. The molecule has 0 aliphatic rings. The van der Waals surface area contributed by atoms with Crippen LogP contribution in [-0.2, 0) is 16.1 Å². The van der Waals surface area contributed by atoms with E-state index in [9.17, 15) is 9.59 Å². The quantitative estimate of drug-likeness (QED) is 0.827. The first-order valence-corrected chi connectivity index (χ1v) is 7.63. The Morgan fingerprint density at radius 3 is 2.67 bits per heavy atom. The van der Waals surface area contributed by atoms with Crippen LogP contribution in [0, 0.1) is 11.3 Å². The van der Waals surface area contributed by atoms with Crippen molar-refractivity contribution < 1.29 is 14.3 Å². The molecule has 1 amide bonds. The van der Waals surface area contributed by atoms with Gasteiger partial charge in [-0.25, -0.2) is 0 Å². The largest absolute Gasteiger partial charge is 0.460 e. The highest BCUT2D eigenvalue weighted by molar-refractivity contribution is 6.36. The van der Waals surface area contributed by atoms with Crippen LogP contribution < -0.4 is 5.32 Å². The van der Waals surface area contributed by atoms with Gasteiger partial charge in [-0.15, -0.1) is 0 Å². The van der Waals surface area contributed by atoms with E-state index in [-0.39, 0.29) is 23.7 Å². The van der Waals surface area contributed by atoms with E-state index in [1.165, 1.54) is 18.2 Å². The molecule has 0 aliphatic carbocycles. The molecule has 0 unspecified atom stereocenters. The number of rotatable bonds is 5. The second-order valence-corrected chi connectivity index (χ2v) is 5.62. The van der Waals surface area contributed by atoms with Crippen LogP contribution in [0.1, 0.15) is 21.5 Å². The number of benzene rings is 2. The third kappa shape index (κ3) is 4.98. The Bertz CT molecular complexity index is 816. The van der Waals surface area contributed by atoms with Gasteiger partial charge < -0.3 is 10.1 Å². The fourth-order valence-corrected chi connectivity index (χ4v) is 2.36. The Hall–Kier alpha value is -2.55. The highest BCUT2D eigenvalue weighted by atomic mass is 35.5. The Morgan fingerprint density at radius 1 is 1.17 bits per heavy atom. The lowest BCUT2D eigenvalue weighted by Crippen LogP contribution is -2.30. The molecule has 2 aromatic rings. The molecule has 24 heavy (non-hydrogen) atoms. The van der Waals surface area contributed by atoms with Crippen LogP contribution in [0.25, 0.3) is 0 Å². The molecular formula is C17H12Cl2N2O3. The number of carbonyl (C=O) groups excluding carboxylic acids is 2. The smallest absolute Gasteiger partial charge is 0.325 e. The molecular weight excluding hydrogens is 351 g/mol. The number of esters is 1. The number of nitriles is 1. The maximum Gasteiger partial charge on any atom is 0.325 e. The lowest BCUT2D eigenvalue weighted by Gasteiger charge is -2.08. The topological polar surface area (TPSA) is 79.2 Å². The predicted octanol–water partition coefficient (Wildman–Crippen LogP) is 3.34. The van der Waals surface area contributed by atoms with Crippen molar-refractivity contribution in [3.8, 4) is 6.07 Å². The van der Waals surface area contributed by atoms with E-state index in [0.29, 0.717) is 16.1 Å². The number of nitrogens with one attached hydrogen (secondary N) is 1. The third-order valence-electron chi connectivity index (χ3n) is 3.02. The summed E-state index contributed by atoms with van der Waals surface area (Å²) < 4.78 is 5.05. The van der Waals surface area contributed by atoms with Gasteiger partial charge in [-0.3, -0.25) is 9.59 Å². The second kappa shape index (κ2) is 8.34. The van der Waals surface area contributed by atoms with Gasteiger partial charge in [0.15, 0.2) is 0 Å². The molecule has 2 rings (SSSR count). The first kappa shape index (κ1) is 17.8. The number of hydrogen-bond donors (Lipinski definition) is 1. The van der Waals surface area contributed by atoms with Crippen molar-refractivity contribution in [2.75, 3.05) is 6.54 Å². The van der Waals surface area contributed by atoms with Crippen LogP contribution in [0.5, 0.6) is 0 Å². The molecule has 0 saturated heterocycles. The van der Waals surface area contributed by atoms with Gasteiger partial charge in [0.1, 0.15) is 13.2 Å². The number of hydrogen-bond acceptors (Lipinski definition) is 4. The van der Waals surface area contributed by atoms with Gasteiger partial charge in [0.2, 0.25) is 0 Å². The SMILES string of the molecule is N#Cc1cccc(COC(=O)CNC(=O)c2ccc(Cl)cc2Cl)c1. The van der Waals surface area contributed by atoms with E-state index >= 15 is 0 Å². The van der Waals surface area contributed by atoms with Crippen molar-refractivity contribution in [3.63, 3.8) is 0 Å². The van der Waals surface area contributed by atoms with E-state index in [4.69, 9.17) is 33.2 Å². The number of halogens is 2. The molecule has 0 radical (unpaired) electrons. The molecule has 0 saturated carbocycles. The molecule has 2 aromatic carbocycles. The molecule has 7 heteroatoms. The van der Waals surface area contributed by atoms with Crippen molar-refractivity contribution in [1.82, 2.24) is 5.32 Å². The summed E-state index contributed by atoms with van der Waals surface area (Å²) in [4.78, 5) is 23.6. The van der Waals surface area contributed by atoms with Crippen molar-refractivity contribution in [2.24, 2.45) is 0 Å². The second-order valence-electron chi connectivity index (χ2n) is 4.78. The molecule has 0 spiro atoms. The first-order chi connectivity index (χ1) is 11.5. The average Bonchev–Trinajstić information content (AvgIpc) is 2.58. The highest BCUT2D eigenvalue weighted by Gasteiger charge is 2.12. The third-order valence-corrected chi connectivity index (χ3v) is 3.57. The molecule has 0 aromatic heterocycles. The van der Waals surface area contributed by atoms with Gasteiger partial charge in [-0.1, -0.05) is 35.3 Å². The molecule has 1 N–H and O–H groups in total. The average molecular weight is 363 g/mol. The maximum atomic E-state index is 12.0. The van der Waals surface area contributed by atoms with Gasteiger partial charge in [-0.2, -0.15) is 5.26 Å². The predicted molar refractivity (Wildman–Crippen MR) is 89.7 cm³/mol. The highest BCUT2D eigenvalue weighted by Crippen LogP contribution is 2.20. The Balaban J connectivity index is 1.84. The van der Waals surface area contributed by atoms with Crippen molar-refractivity contribution in [2.45, 2.75) is 6.61 Å². The summed E-state index contributed by atoms with van der Waals surface area (Å²) in [5.74, 6) is -1.10. The van der Waals surface area contributed by atoms with Gasteiger partial charge in [0.05, 0.1) is 22.2 Å². The van der Waals surface area contributed by atoms with E-state index in [2.05, 4.69) is 5.32 Å². The fourth-order valence-electron chi connectivity index (χ4n) is 1.87. The van der Waals surface area contributed by atoms with Crippen LogP contribution in [-0.4, -0.2) is 18.4 Å². The zero-order valence-corrected chi connectivity index (χ0v) is 13.9. The van der Waals surface area contributed by atoms with Crippen molar-refractivity contribution in [3.05, 3.63) is 69.2 Å². The molecule has 0 atom stereocenters. The van der Waals surface area contributed by atoms with Crippen LogP contribution in [0.2, 0.25) is 10.0 Å². The molecule has 0 fully saturated rings. The number of amides is 1. The zero-order valence-electron chi connectivity index (χ0n) is 12.4. The number of ether oxygens (including phenoxy) is 1. The van der Waals surface area contributed by atoms with Crippen molar-refractivity contribution in [1.29, 1.82) is 5.26 Å². The minimum atomic E-state index is -0.601. The van der Waals surface area contributed by atoms with Crippen LogP contribution in [0.4, 0.5) is 0 Å². The van der Waals surface area contributed by atoms with Crippen molar-refractivity contribution >= 4 is 35.1 Å². The Labute approximate surface area is 148 Å². The molecule has 122 valence electrons. The van der Waals surface area contributed by atoms with Gasteiger partial charge >= 0.3 is 5.97 Å². The zero-order chi connectivity index (χ0) is 17.5. The summed E-state index contributed by atoms with van der Waals surface area (Å²) in [5, 5.41) is 11.8. The summed E-state index contributed by atoms with van der Waals surface area (Å²) in [5.41, 5.74) is 1.39. The van der Waals surface area contributed by atoms with Gasteiger partial charge in [0.25, 0.3) is 5.91 Å². The van der Waals surface area contributed by atoms with Crippen LogP contribution in [0.3, 0.4) is 0 Å².